The van der Waals surface area contributed by atoms with Gasteiger partial charge in [-0.1, -0.05) is 30.1 Å². The second-order valence-corrected chi connectivity index (χ2v) is 8.84. The van der Waals surface area contributed by atoms with E-state index in [0.717, 1.165) is 36.3 Å². The van der Waals surface area contributed by atoms with Crippen molar-refractivity contribution >= 4 is 40.6 Å². The number of likely N-dealkylation sites (N-methyl/N-ethyl adjacent to an activating group) is 1. The van der Waals surface area contributed by atoms with E-state index in [9.17, 15) is 4.79 Å². The second-order valence-electron chi connectivity index (χ2n) is 7.97. The van der Waals surface area contributed by atoms with Crippen molar-refractivity contribution in [2.24, 2.45) is 0 Å². The fraction of sp³-hybridized carbons (Fsp3) is 0.364. The van der Waals surface area contributed by atoms with Gasteiger partial charge in [0, 0.05) is 41.1 Å². The Bertz CT molecular complexity index is 1140. The summed E-state index contributed by atoms with van der Waals surface area (Å²) in [7, 11) is 1.79. The van der Waals surface area contributed by atoms with E-state index in [1.165, 1.54) is 6.42 Å². The number of hydrogen-bond donors (Lipinski definition) is 0. The molecule has 0 N–H and O–H groups in total. The van der Waals surface area contributed by atoms with Crippen LogP contribution in [0.4, 0.5) is 11.5 Å². The third kappa shape index (κ3) is 3.36. The molecule has 9 heteroatoms. The average molecular weight is 457 g/mol. The van der Waals surface area contributed by atoms with Crippen LogP contribution >= 0.6 is 23.2 Å². The fourth-order valence-corrected chi connectivity index (χ4v) is 4.86. The molecule has 1 aliphatic heterocycles. The van der Waals surface area contributed by atoms with Crippen LogP contribution in [0.15, 0.2) is 36.8 Å². The van der Waals surface area contributed by atoms with Crippen LogP contribution in [0.3, 0.4) is 0 Å². The highest BCUT2D eigenvalue weighted by molar-refractivity contribution is 6.35. The molecule has 1 atom stereocenters. The molecule has 2 aliphatic rings. The van der Waals surface area contributed by atoms with Gasteiger partial charge in [0.2, 0.25) is 11.9 Å². The lowest BCUT2D eigenvalue weighted by atomic mass is 9.88. The van der Waals surface area contributed by atoms with Gasteiger partial charge >= 0.3 is 0 Å². The predicted octanol–water partition coefficient (Wildman–Crippen LogP) is 4.75. The first kappa shape index (κ1) is 20.3. The minimum atomic E-state index is -0.209. The van der Waals surface area contributed by atoms with E-state index in [0.29, 0.717) is 27.9 Å². The van der Waals surface area contributed by atoms with Crippen molar-refractivity contribution in [1.29, 1.82) is 0 Å². The van der Waals surface area contributed by atoms with Gasteiger partial charge in [-0.05, 0) is 43.9 Å². The molecule has 3 aromatic rings. The van der Waals surface area contributed by atoms with Crippen molar-refractivity contribution in [2.75, 3.05) is 16.8 Å². The summed E-state index contributed by atoms with van der Waals surface area (Å²) >= 11 is 12.4. The number of fused-ring (bicyclic) bond motifs is 1. The highest BCUT2D eigenvalue weighted by atomic mass is 35.5. The number of aromatic nitrogens is 4. The lowest BCUT2D eigenvalue weighted by Gasteiger charge is -2.47. The number of imidazole rings is 1. The van der Waals surface area contributed by atoms with Crippen LogP contribution in [0.25, 0.3) is 17.3 Å². The smallest absolute Gasteiger partial charge is 0.249 e. The van der Waals surface area contributed by atoms with Crippen LogP contribution in [-0.4, -0.2) is 44.6 Å². The summed E-state index contributed by atoms with van der Waals surface area (Å²) in [5.41, 5.74) is 1.51. The lowest BCUT2D eigenvalue weighted by Crippen LogP contribution is -2.57. The standard InChI is InChI=1S/C22H22Cl2N6O/c1-3-17-21(31)28(2)18-12-26-22(27-20(18)30(17)16-5-4-6-16)29-8-7-25-19(29)13-9-14(23)11-15(24)10-13/h7-12,16-17H,3-6H2,1-2H3/t17-/m1/s1. The number of amides is 1. The molecule has 1 fully saturated rings. The molecule has 3 heterocycles. The summed E-state index contributed by atoms with van der Waals surface area (Å²) < 4.78 is 1.82. The molecule has 1 aromatic carbocycles. The summed E-state index contributed by atoms with van der Waals surface area (Å²) in [5, 5.41) is 1.07. The van der Waals surface area contributed by atoms with Gasteiger partial charge in [0.1, 0.15) is 17.6 Å². The van der Waals surface area contributed by atoms with Crippen LogP contribution in [0, 0.1) is 0 Å². The van der Waals surface area contributed by atoms with Gasteiger partial charge in [0.25, 0.3) is 0 Å². The maximum atomic E-state index is 13.0. The SMILES string of the molecule is CC[C@@H]1C(=O)N(C)c2cnc(-n3ccnc3-c3cc(Cl)cc(Cl)c3)nc2N1C1CCC1. The Balaban J connectivity index is 1.63. The topological polar surface area (TPSA) is 67.2 Å². The quantitative estimate of drug-likeness (QED) is 0.566. The molecule has 0 bridgehead atoms. The Morgan fingerprint density at radius 3 is 2.52 bits per heavy atom. The van der Waals surface area contributed by atoms with Crippen molar-refractivity contribution < 1.29 is 4.79 Å². The largest absolute Gasteiger partial charge is 0.340 e. The molecule has 2 aromatic heterocycles. The zero-order valence-electron chi connectivity index (χ0n) is 17.3. The number of halogens is 2. The minimum absolute atomic E-state index is 0.0927. The van der Waals surface area contributed by atoms with E-state index < -0.39 is 0 Å². The molecule has 1 amide bonds. The summed E-state index contributed by atoms with van der Waals surface area (Å²) in [4.78, 5) is 30.8. The normalized spacial score (nSPS) is 18.8. The van der Waals surface area contributed by atoms with Gasteiger partial charge in [0.05, 0.1) is 6.20 Å². The van der Waals surface area contributed by atoms with Crippen molar-refractivity contribution in [3.63, 3.8) is 0 Å². The first-order chi connectivity index (χ1) is 15.0. The Morgan fingerprint density at radius 2 is 1.87 bits per heavy atom. The van der Waals surface area contributed by atoms with Crippen LogP contribution in [-0.2, 0) is 4.79 Å². The zero-order valence-corrected chi connectivity index (χ0v) is 18.8. The highest BCUT2D eigenvalue weighted by Gasteiger charge is 2.42. The second kappa shape index (κ2) is 7.80. The summed E-state index contributed by atoms with van der Waals surface area (Å²) in [5.74, 6) is 2.03. The number of nitrogens with zero attached hydrogens (tertiary/aromatic N) is 6. The van der Waals surface area contributed by atoms with Gasteiger partial charge in [-0.3, -0.25) is 9.36 Å². The Labute approximate surface area is 190 Å². The summed E-state index contributed by atoms with van der Waals surface area (Å²) in [6, 6.07) is 5.43. The Kier molecular flexibility index (Phi) is 5.10. The van der Waals surface area contributed by atoms with Crippen molar-refractivity contribution in [2.45, 2.75) is 44.7 Å². The van der Waals surface area contributed by atoms with E-state index in [2.05, 4.69) is 14.9 Å². The highest BCUT2D eigenvalue weighted by Crippen LogP contribution is 2.40. The average Bonchev–Trinajstić information content (AvgIpc) is 3.19. The molecule has 0 radical (unpaired) electrons. The molecule has 160 valence electrons. The van der Waals surface area contributed by atoms with Gasteiger partial charge in [-0.2, -0.15) is 4.98 Å². The molecular weight excluding hydrogens is 435 g/mol. The van der Waals surface area contributed by atoms with Crippen molar-refractivity contribution in [3.05, 3.63) is 46.8 Å². The van der Waals surface area contributed by atoms with Crippen molar-refractivity contribution in [1.82, 2.24) is 19.5 Å². The van der Waals surface area contributed by atoms with Crippen LogP contribution in [0.2, 0.25) is 10.0 Å². The fourth-order valence-electron chi connectivity index (χ4n) is 4.33. The molecule has 5 rings (SSSR count). The first-order valence-electron chi connectivity index (χ1n) is 10.4. The molecule has 7 nitrogen and oxygen atoms in total. The first-order valence-corrected chi connectivity index (χ1v) is 11.2. The van der Waals surface area contributed by atoms with Crippen molar-refractivity contribution in [3.8, 4) is 17.3 Å². The van der Waals surface area contributed by atoms with Crippen LogP contribution < -0.4 is 9.80 Å². The molecule has 1 aliphatic carbocycles. The molecule has 1 saturated carbocycles. The molecular formula is C22H22Cl2N6O. The lowest BCUT2D eigenvalue weighted by molar-refractivity contribution is -0.120. The van der Waals surface area contributed by atoms with E-state index >= 15 is 0 Å². The molecule has 31 heavy (non-hydrogen) atoms. The maximum Gasteiger partial charge on any atom is 0.249 e. The number of hydrogen-bond acceptors (Lipinski definition) is 5. The molecule has 0 unspecified atom stereocenters. The van der Waals surface area contributed by atoms with E-state index in [1.807, 2.05) is 29.8 Å². The van der Waals surface area contributed by atoms with Gasteiger partial charge < -0.3 is 9.80 Å². The Morgan fingerprint density at radius 1 is 1.13 bits per heavy atom. The number of benzene rings is 1. The van der Waals surface area contributed by atoms with Crippen LogP contribution in [0.1, 0.15) is 32.6 Å². The van der Waals surface area contributed by atoms with Gasteiger partial charge in [-0.25, -0.2) is 9.97 Å². The Hall–Kier alpha value is -2.64. The number of anilines is 2. The van der Waals surface area contributed by atoms with E-state index in [4.69, 9.17) is 28.2 Å². The molecule has 0 spiro atoms. The third-order valence-corrected chi connectivity index (χ3v) is 6.56. The summed E-state index contributed by atoms with van der Waals surface area (Å²) in [6.45, 7) is 2.05. The number of carbonyl (C=O) groups excluding carboxylic acids is 1. The number of rotatable bonds is 4. The van der Waals surface area contributed by atoms with Gasteiger partial charge in [-0.15, -0.1) is 0 Å². The number of carbonyl (C=O) groups is 1. The minimum Gasteiger partial charge on any atom is -0.340 e. The predicted molar refractivity (Wildman–Crippen MR) is 122 cm³/mol. The van der Waals surface area contributed by atoms with E-state index in [-0.39, 0.29) is 11.9 Å². The van der Waals surface area contributed by atoms with Gasteiger partial charge in [0.15, 0.2) is 5.82 Å². The zero-order chi connectivity index (χ0) is 21.7. The van der Waals surface area contributed by atoms with E-state index in [1.54, 1.807) is 30.4 Å². The molecule has 0 saturated heterocycles. The monoisotopic (exact) mass is 456 g/mol. The third-order valence-electron chi connectivity index (χ3n) is 6.13. The summed E-state index contributed by atoms with van der Waals surface area (Å²) in [6.07, 6.45) is 9.29. The van der Waals surface area contributed by atoms with Crippen LogP contribution in [0.5, 0.6) is 0 Å². The maximum absolute atomic E-state index is 13.0.